The summed E-state index contributed by atoms with van der Waals surface area (Å²) in [4.78, 5) is 21.4. The van der Waals surface area contributed by atoms with Crippen LogP contribution in [0, 0.1) is 0 Å². The third-order valence-electron chi connectivity index (χ3n) is 1.21. The quantitative estimate of drug-likeness (QED) is 0.391. The summed E-state index contributed by atoms with van der Waals surface area (Å²) in [6.07, 6.45) is 0. The Morgan fingerprint density at radius 3 is 1.31 bits per heavy atom. The monoisotopic (exact) mass is 344 g/mol. The van der Waals surface area contributed by atoms with Crippen molar-refractivity contribution >= 4 is 83.6 Å². The molecule has 0 N–H and O–H groups in total. The molecule has 1 rings (SSSR count). The molecule has 0 fully saturated rings. The SMILES string of the molecule is O=C1C([O-])=C(Cl)C(=O)C([O-])=C1Cl.[Ba+2]. The summed E-state index contributed by atoms with van der Waals surface area (Å²) in [6.45, 7) is 0. The van der Waals surface area contributed by atoms with E-state index in [1.165, 1.54) is 0 Å². The van der Waals surface area contributed by atoms with E-state index in [-0.39, 0.29) is 48.9 Å². The smallest absolute Gasteiger partial charge is 0.869 e. The van der Waals surface area contributed by atoms with Gasteiger partial charge < -0.3 is 10.2 Å². The van der Waals surface area contributed by atoms with Crippen LogP contribution in [0.4, 0.5) is 0 Å². The fourth-order valence-corrected chi connectivity index (χ4v) is 0.948. The third-order valence-corrected chi connectivity index (χ3v) is 1.90. The van der Waals surface area contributed by atoms with Crippen LogP contribution in [0.25, 0.3) is 0 Å². The van der Waals surface area contributed by atoms with Gasteiger partial charge in [-0.25, -0.2) is 0 Å². The number of hydrogen-bond donors (Lipinski definition) is 0. The molecule has 0 aromatic carbocycles. The van der Waals surface area contributed by atoms with E-state index < -0.39 is 33.1 Å². The Balaban J connectivity index is 0.00000144. The van der Waals surface area contributed by atoms with E-state index in [0.717, 1.165) is 0 Å². The van der Waals surface area contributed by atoms with E-state index in [4.69, 9.17) is 23.2 Å². The number of carbonyl (C=O) groups is 2. The maximum absolute atomic E-state index is 10.7. The summed E-state index contributed by atoms with van der Waals surface area (Å²) in [6, 6.07) is 0. The fraction of sp³-hybridized carbons (Fsp3) is 0. The zero-order chi connectivity index (χ0) is 9.46. The van der Waals surface area contributed by atoms with Gasteiger partial charge in [0.2, 0.25) is 0 Å². The van der Waals surface area contributed by atoms with Gasteiger partial charge in [0.15, 0.2) is 11.6 Å². The van der Waals surface area contributed by atoms with E-state index in [9.17, 15) is 19.8 Å². The molecule has 13 heavy (non-hydrogen) atoms. The van der Waals surface area contributed by atoms with Crippen molar-refractivity contribution in [2.75, 3.05) is 0 Å². The summed E-state index contributed by atoms with van der Waals surface area (Å²) in [5.41, 5.74) is 0. The molecule has 0 bridgehead atoms. The molecule has 0 heterocycles. The molecule has 0 unspecified atom stereocenters. The summed E-state index contributed by atoms with van der Waals surface area (Å²) in [7, 11) is 0. The molecule has 7 heteroatoms. The van der Waals surface area contributed by atoms with Gasteiger partial charge in [-0.05, 0) is 11.5 Å². The maximum Gasteiger partial charge on any atom is 2.00 e. The minimum atomic E-state index is -1.23. The standard InChI is InChI=1S/C6H2Cl2O4.Ba/c7-1-3(9)5(11)2(8)6(12)4(1)10;/h9,12H;/q;+2/p-2. The zero-order valence-electron chi connectivity index (χ0n) is 6.10. The summed E-state index contributed by atoms with van der Waals surface area (Å²) < 4.78 is 0. The van der Waals surface area contributed by atoms with Crippen molar-refractivity contribution < 1.29 is 19.8 Å². The van der Waals surface area contributed by atoms with Crippen LogP contribution in [0.3, 0.4) is 0 Å². The number of hydrogen-bond acceptors (Lipinski definition) is 4. The van der Waals surface area contributed by atoms with Gasteiger partial charge >= 0.3 is 48.9 Å². The molecule has 0 radical (unpaired) electrons. The van der Waals surface area contributed by atoms with Gasteiger partial charge in [0.1, 0.15) is 0 Å². The normalized spacial score (nSPS) is 17.7. The van der Waals surface area contributed by atoms with Crippen LogP contribution >= 0.6 is 23.2 Å². The Morgan fingerprint density at radius 2 is 1.08 bits per heavy atom. The topological polar surface area (TPSA) is 80.3 Å². The number of rotatable bonds is 0. The van der Waals surface area contributed by atoms with Crippen LogP contribution in [0.5, 0.6) is 0 Å². The molecule has 0 aromatic rings. The minimum Gasteiger partial charge on any atom is -0.869 e. The van der Waals surface area contributed by atoms with E-state index in [2.05, 4.69) is 0 Å². The fourth-order valence-electron chi connectivity index (χ4n) is 0.605. The molecule has 0 spiro atoms. The van der Waals surface area contributed by atoms with Crippen molar-refractivity contribution in [3.8, 4) is 0 Å². The molecule has 0 saturated carbocycles. The summed E-state index contributed by atoms with van der Waals surface area (Å²) in [5.74, 6) is -4.92. The third kappa shape index (κ3) is 2.33. The molecule has 1 aliphatic rings. The average molecular weight is 344 g/mol. The van der Waals surface area contributed by atoms with Crippen LogP contribution in [0.2, 0.25) is 0 Å². The predicted molar refractivity (Wildman–Crippen MR) is 41.5 cm³/mol. The Hall–Kier alpha value is 0.571. The van der Waals surface area contributed by atoms with E-state index in [0.29, 0.717) is 0 Å². The van der Waals surface area contributed by atoms with E-state index in [1.54, 1.807) is 0 Å². The van der Waals surface area contributed by atoms with Crippen molar-refractivity contribution in [3.05, 3.63) is 21.6 Å². The van der Waals surface area contributed by atoms with Crippen molar-refractivity contribution in [2.24, 2.45) is 0 Å². The van der Waals surface area contributed by atoms with Crippen LogP contribution < -0.4 is 10.2 Å². The van der Waals surface area contributed by atoms with Crippen LogP contribution in [0.1, 0.15) is 0 Å². The Bertz CT molecular complexity index is 283. The van der Waals surface area contributed by atoms with Gasteiger partial charge in [0.25, 0.3) is 0 Å². The van der Waals surface area contributed by atoms with E-state index >= 15 is 0 Å². The largest absolute Gasteiger partial charge is 2.00 e. The Morgan fingerprint density at radius 1 is 0.846 bits per heavy atom. The Kier molecular flexibility index (Phi) is 5.10. The van der Waals surface area contributed by atoms with Crippen LogP contribution in [-0.4, -0.2) is 60.4 Å². The molecule has 0 saturated heterocycles. The Labute approximate surface area is 123 Å². The first-order valence-electron chi connectivity index (χ1n) is 2.69. The second-order valence-electron chi connectivity index (χ2n) is 1.94. The zero-order valence-corrected chi connectivity index (χ0v) is 12.0. The molecular weight excluding hydrogens is 344 g/mol. The van der Waals surface area contributed by atoms with E-state index in [1.807, 2.05) is 0 Å². The second-order valence-corrected chi connectivity index (χ2v) is 2.70. The summed E-state index contributed by atoms with van der Waals surface area (Å²) in [5, 5.41) is 19.6. The van der Waals surface area contributed by atoms with Gasteiger partial charge in [-0.2, -0.15) is 0 Å². The number of carbonyl (C=O) groups excluding carboxylic acids is 2. The van der Waals surface area contributed by atoms with Crippen LogP contribution in [-0.2, 0) is 9.59 Å². The van der Waals surface area contributed by atoms with Crippen molar-refractivity contribution in [1.82, 2.24) is 0 Å². The molecule has 0 atom stereocenters. The molecule has 1 aliphatic carbocycles. The molecule has 0 aromatic heterocycles. The molecular formula is C6BaCl2O4. The first kappa shape index (κ1) is 13.6. The number of halogens is 2. The molecule has 64 valence electrons. The minimum absolute atomic E-state index is 0. The predicted octanol–water partition coefficient (Wildman–Crippen LogP) is -1.62. The number of allylic oxidation sites excluding steroid dienone is 2. The van der Waals surface area contributed by atoms with Gasteiger partial charge in [0, 0.05) is 0 Å². The maximum atomic E-state index is 10.7. The number of ketones is 2. The van der Waals surface area contributed by atoms with Crippen molar-refractivity contribution in [1.29, 1.82) is 0 Å². The van der Waals surface area contributed by atoms with Gasteiger partial charge in [-0.3, -0.25) is 9.59 Å². The first-order valence-corrected chi connectivity index (χ1v) is 3.45. The van der Waals surface area contributed by atoms with Gasteiger partial charge in [-0.1, -0.05) is 23.2 Å². The second kappa shape index (κ2) is 4.88. The summed E-state index contributed by atoms with van der Waals surface area (Å²) >= 11 is 10.2. The van der Waals surface area contributed by atoms with Crippen molar-refractivity contribution in [2.45, 2.75) is 0 Å². The molecule has 0 amide bonds. The van der Waals surface area contributed by atoms with Crippen LogP contribution in [0.15, 0.2) is 21.6 Å². The average Bonchev–Trinajstić information content (AvgIpc) is 2.08. The molecule has 4 nitrogen and oxygen atoms in total. The van der Waals surface area contributed by atoms with Crippen molar-refractivity contribution in [3.63, 3.8) is 0 Å². The number of Topliss-reactive ketones (excluding diaryl/α,β-unsaturated/α-hetero) is 2. The van der Waals surface area contributed by atoms with Gasteiger partial charge in [0.05, 0.1) is 10.1 Å². The van der Waals surface area contributed by atoms with Gasteiger partial charge in [-0.15, -0.1) is 0 Å². The first-order chi connectivity index (χ1) is 5.46. The molecule has 0 aliphatic heterocycles.